The number of hydrogen-bond acceptors (Lipinski definition) is 6. The summed E-state index contributed by atoms with van der Waals surface area (Å²) in [6.07, 6.45) is -0.787. The monoisotopic (exact) mass is 435 g/mol. The molecule has 0 radical (unpaired) electrons. The van der Waals surface area contributed by atoms with Gasteiger partial charge in [-0.3, -0.25) is 9.79 Å². The minimum atomic E-state index is -0.964. The number of benzene rings is 2. The van der Waals surface area contributed by atoms with E-state index in [4.69, 9.17) is 4.74 Å². The highest BCUT2D eigenvalue weighted by Gasteiger charge is 2.34. The van der Waals surface area contributed by atoms with Crippen molar-refractivity contribution in [2.45, 2.75) is 30.7 Å². The highest BCUT2D eigenvalue weighted by atomic mass is 32.2. The van der Waals surface area contributed by atoms with E-state index in [2.05, 4.69) is 4.99 Å². The molecule has 0 fully saturated rings. The quantitative estimate of drug-likeness (QED) is 0.675. The number of rotatable bonds is 7. The molecule has 0 saturated heterocycles. The van der Waals surface area contributed by atoms with Gasteiger partial charge in [0.2, 0.25) is 0 Å². The second-order valence-electron chi connectivity index (χ2n) is 7.10. The van der Waals surface area contributed by atoms with Crippen molar-refractivity contribution in [3.05, 3.63) is 54.3 Å². The van der Waals surface area contributed by atoms with Gasteiger partial charge in [0, 0.05) is 5.75 Å². The lowest BCUT2D eigenvalue weighted by molar-refractivity contribution is -0.138. The lowest BCUT2D eigenvalue weighted by Crippen LogP contribution is -2.31. The van der Waals surface area contributed by atoms with Gasteiger partial charge in [0.25, 0.3) is 0 Å². The van der Waals surface area contributed by atoms with Gasteiger partial charge in [-0.15, -0.1) is 0 Å². The average molecular weight is 436 g/mol. The molecule has 3 rings (SSSR count). The number of hydrogen-bond donors (Lipinski definition) is 2. The number of thioether (sulfide) groups is 2. The minimum absolute atomic E-state index is 0.0882. The molecule has 0 aromatic heterocycles. The minimum Gasteiger partial charge on any atom is -0.491 e. The third-order valence-corrected chi connectivity index (χ3v) is 6.83. The van der Waals surface area contributed by atoms with Crippen molar-refractivity contribution < 1.29 is 24.1 Å². The van der Waals surface area contributed by atoms with Crippen molar-refractivity contribution >= 4 is 33.9 Å². The Morgan fingerprint density at radius 3 is 2.41 bits per heavy atom. The fraction of sp³-hybridized carbons (Fsp3) is 0.333. The smallest absolute Gasteiger partial charge is 0.319 e. The van der Waals surface area contributed by atoms with Crippen LogP contribution in [0.25, 0.3) is 11.1 Å². The van der Waals surface area contributed by atoms with Crippen LogP contribution in [0.3, 0.4) is 0 Å². The van der Waals surface area contributed by atoms with Crippen LogP contribution in [0.5, 0.6) is 5.75 Å². The van der Waals surface area contributed by atoms with Gasteiger partial charge < -0.3 is 14.9 Å². The number of aliphatic imine (C=N–C) groups is 1. The predicted octanol–water partition coefficient (Wildman–Crippen LogP) is 4.30. The maximum absolute atomic E-state index is 13.0. The summed E-state index contributed by atoms with van der Waals surface area (Å²) in [6, 6.07) is 13.3. The van der Waals surface area contributed by atoms with Crippen LogP contribution in [0.15, 0.2) is 53.5 Å². The summed E-state index contributed by atoms with van der Waals surface area (Å²) in [6.45, 7) is 3.35. The second kappa shape index (κ2) is 9.19. The van der Waals surface area contributed by atoms with Crippen molar-refractivity contribution in [2.24, 2.45) is 4.99 Å². The summed E-state index contributed by atoms with van der Waals surface area (Å²) >= 11 is 2.64. The fourth-order valence-corrected chi connectivity index (χ4v) is 5.16. The molecule has 154 valence electrons. The van der Waals surface area contributed by atoms with Gasteiger partial charge in [-0.05, 0) is 49.2 Å². The zero-order valence-corrected chi connectivity index (χ0v) is 17.7. The van der Waals surface area contributed by atoms with Gasteiger partial charge in [0.15, 0.2) is 0 Å². The Kier molecular flexibility index (Phi) is 6.87. The lowest BCUT2D eigenvalue weighted by atomic mass is 10.1. The Balaban J connectivity index is 1.53. The number of aliphatic hydroxyl groups excluding tert-OH is 1. The molecule has 2 aromatic rings. The number of carbonyl (C=O) groups is 1. The van der Waals surface area contributed by atoms with Crippen LogP contribution in [0.4, 0.5) is 4.39 Å². The predicted molar refractivity (Wildman–Crippen MR) is 116 cm³/mol. The van der Waals surface area contributed by atoms with E-state index in [1.807, 2.05) is 12.1 Å². The van der Waals surface area contributed by atoms with Crippen LogP contribution in [-0.2, 0) is 4.79 Å². The molecule has 1 heterocycles. The molecular weight excluding hydrogens is 413 g/mol. The second-order valence-corrected chi connectivity index (χ2v) is 9.98. The number of carboxylic acid groups (broad SMARTS) is 1. The Morgan fingerprint density at radius 2 is 1.83 bits per heavy atom. The number of nitrogens with zero attached hydrogens (tertiary/aromatic N) is 1. The molecule has 8 heteroatoms. The number of aliphatic carboxylic acids is 1. The molecule has 0 saturated carbocycles. The van der Waals surface area contributed by atoms with Gasteiger partial charge in [-0.1, -0.05) is 47.8 Å². The molecule has 5 nitrogen and oxygen atoms in total. The molecule has 0 spiro atoms. The molecule has 2 unspecified atom stereocenters. The Hall–Kier alpha value is -2.03. The number of aliphatic hydroxyl groups is 1. The largest absolute Gasteiger partial charge is 0.491 e. The van der Waals surface area contributed by atoms with Crippen molar-refractivity contribution in [3.8, 4) is 16.9 Å². The highest BCUT2D eigenvalue weighted by molar-refractivity contribution is 8.39. The van der Waals surface area contributed by atoms with E-state index < -0.39 is 16.8 Å². The van der Waals surface area contributed by atoms with Crippen LogP contribution in [-0.4, -0.2) is 49.8 Å². The first-order valence-corrected chi connectivity index (χ1v) is 10.8. The zero-order chi connectivity index (χ0) is 21.0. The molecule has 0 bridgehead atoms. The topological polar surface area (TPSA) is 79.1 Å². The van der Waals surface area contributed by atoms with Crippen molar-refractivity contribution in [1.29, 1.82) is 0 Å². The molecule has 2 aromatic carbocycles. The standard InChI is InChI=1S/C21H22FNO4S2/c1-21(2,19(25)26)29-20-23-17(12-28-20)18(24)11-27-16-9-5-14(6-10-16)13-3-7-15(22)8-4-13/h3-10,17-18,24H,11-12H2,1-2H3,(H,25,26). The van der Waals surface area contributed by atoms with Crippen LogP contribution in [0, 0.1) is 5.82 Å². The molecular formula is C21H22FNO4S2. The number of ether oxygens (including phenoxy) is 1. The van der Waals surface area contributed by atoms with Crippen LogP contribution in [0.2, 0.25) is 0 Å². The van der Waals surface area contributed by atoms with Gasteiger partial charge in [-0.25, -0.2) is 4.39 Å². The first-order valence-electron chi connectivity index (χ1n) is 9.04. The van der Waals surface area contributed by atoms with Gasteiger partial charge in [0.1, 0.15) is 33.4 Å². The SMILES string of the molecule is CC(C)(SC1=NC(C(O)COc2ccc(-c3ccc(F)cc3)cc2)CS1)C(=O)O. The number of carboxylic acids is 1. The van der Waals surface area contributed by atoms with E-state index in [-0.39, 0.29) is 18.5 Å². The first kappa shape index (κ1) is 21.7. The van der Waals surface area contributed by atoms with Crippen molar-refractivity contribution in [2.75, 3.05) is 12.4 Å². The molecule has 0 amide bonds. The molecule has 1 aliphatic heterocycles. The zero-order valence-electron chi connectivity index (χ0n) is 16.0. The van der Waals surface area contributed by atoms with Gasteiger partial charge >= 0.3 is 5.97 Å². The molecule has 29 heavy (non-hydrogen) atoms. The summed E-state index contributed by atoms with van der Waals surface area (Å²) in [7, 11) is 0. The fourth-order valence-electron chi connectivity index (χ4n) is 2.56. The Morgan fingerprint density at radius 1 is 1.24 bits per heavy atom. The van der Waals surface area contributed by atoms with E-state index in [0.717, 1.165) is 11.1 Å². The van der Waals surface area contributed by atoms with Gasteiger partial charge in [-0.2, -0.15) is 0 Å². The van der Waals surface area contributed by atoms with Crippen molar-refractivity contribution in [1.82, 2.24) is 0 Å². The van der Waals surface area contributed by atoms with E-state index in [9.17, 15) is 19.4 Å². The summed E-state index contributed by atoms with van der Waals surface area (Å²) < 4.78 is 18.4. The molecule has 1 aliphatic rings. The third-order valence-electron chi connectivity index (χ3n) is 4.40. The molecule has 2 N–H and O–H groups in total. The molecule has 2 atom stereocenters. The molecule has 0 aliphatic carbocycles. The Bertz CT molecular complexity index is 885. The van der Waals surface area contributed by atoms with Crippen LogP contribution in [0.1, 0.15) is 13.8 Å². The summed E-state index contributed by atoms with van der Waals surface area (Å²) in [4.78, 5) is 15.7. The van der Waals surface area contributed by atoms with Crippen LogP contribution < -0.4 is 4.74 Å². The van der Waals surface area contributed by atoms with E-state index >= 15 is 0 Å². The summed E-state index contributed by atoms with van der Waals surface area (Å²) in [5, 5.41) is 19.6. The maximum Gasteiger partial charge on any atom is 0.319 e. The van der Waals surface area contributed by atoms with E-state index in [1.165, 1.54) is 35.7 Å². The average Bonchev–Trinajstić information content (AvgIpc) is 3.15. The van der Waals surface area contributed by atoms with Gasteiger partial charge in [0.05, 0.1) is 6.04 Å². The van der Waals surface area contributed by atoms with Crippen LogP contribution >= 0.6 is 23.5 Å². The Labute approximate surface area is 177 Å². The first-order chi connectivity index (χ1) is 13.7. The highest BCUT2D eigenvalue weighted by Crippen LogP contribution is 2.35. The van der Waals surface area contributed by atoms with E-state index in [0.29, 0.717) is 15.9 Å². The summed E-state index contributed by atoms with van der Waals surface area (Å²) in [5.74, 6) is 0.0309. The van der Waals surface area contributed by atoms with E-state index in [1.54, 1.807) is 38.1 Å². The summed E-state index contributed by atoms with van der Waals surface area (Å²) in [5.41, 5.74) is 1.85. The maximum atomic E-state index is 13.0. The normalized spacial score (nSPS) is 17.7. The lowest BCUT2D eigenvalue weighted by Gasteiger charge is -2.17. The number of halogens is 1. The van der Waals surface area contributed by atoms with Crippen molar-refractivity contribution in [3.63, 3.8) is 0 Å². The third kappa shape index (κ3) is 5.74.